The lowest BCUT2D eigenvalue weighted by Gasteiger charge is -2.16. The number of ether oxygens (including phenoxy) is 1. The number of imide groups is 1. The van der Waals surface area contributed by atoms with Crippen molar-refractivity contribution in [3.05, 3.63) is 80.1 Å². The maximum atomic E-state index is 13.3. The molecule has 8 heteroatoms. The van der Waals surface area contributed by atoms with E-state index in [0.717, 1.165) is 10.5 Å². The van der Waals surface area contributed by atoms with E-state index >= 15 is 0 Å². The van der Waals surface area contributed by atoms with E-state index in [0.29, 0.717) is 37.6 Å². The Morgan fingerprint density at radius 3 is 2.43 bits per heavy atom. The molecule has 0 atom stereocenters. The monoisotopic (exact) mass is 458 g/mol. The number of anilines is 2. The van der Waals surface area contributed by atoms with Gasteiger partial charge in [-0.05, 0) is 54.3 Å². The Bertz CT molecular complexity index is 1190. The molecule has 5 nitrogen and oxygen atoms in total. The van der Waals surface area contributed by atoms with Crippen LogP contribution < -0.4 is 15.0 Å². The lowest BCUT2D eigenvalue weighted by atomic mass is 10.1. The highest BCUT2D eigenvalue weighted by Gasteiger charge is 2.40. The molecular formula is C22H16Cl2N2O3S. The number of benzene rings is 2. The van der Waals surface area contributed by atoms with Crippen molar-refractivity contribution in [1.29, 1.82) is 0 Å². The van der Waals surface area contributed by atoms with Crippen LogP contribution in [0.15, 0.2) is 59.6 Å². The second kappa shape index (κ2) is 8.14. The van der Waals surface area contributed by atoms with Crippen molar-refractivity contribution in [3.63, 3.8) is 0 Å². The first-order valence-corrected chi connectivity index (χ1v) is 10.6. The molecule has 0 saturated carbocycles. The van der Waals surface area contributed by atoms with Gasteiger partial charge >= 0.3 is 0 Å². The van der Waals surface area contributed by atoms with Gasteiger partial charge in [0.1, 0.15) is 11.4 Å². The Kier molecular flexibility index (Phi) is 5.56. The number of methoxy groups -OCH3 is 1. The summed E-state index contributed by atoms with van der Waals surface area (Å²) in [5, 5.41) is 5.80. The molecule has 1 aliphatic rings. The Labute approximate surface area is 187 Å². The lowest BCUT2D eigenvalue weighted by Crippen LogP contribution is -2.32. The largest absolute Gasteiger partial charge is 0.495 e. The van der Waals surface area contributed by atoms with Crippen molar-refractivity contribution in [2.75, 3.05) is 17.3 Å². The molecule has 30 heavy (non-hydrogen) atoms. The molecule has 1 N–H and O–H groups in total. The Morgan fingerprint density at radius 1 is 1.00 bits per heavy atom. The Hall–Kier alpha value is -2.80. The van der Waals surface area contributed by atoms with Crippen LogP contribution in [-0.4, -0.2) is 18.9 Å². The first-order valence-electron chi connectivity index (χ1n) is 8.94. The molecule has 2 aromatic carbocycles. The number of rotatable bonds is 5. The van der Waals surface area contributed by atoms with Crippen LogP contribution in [0.25, 0.3) is 5.57 Å². The quantitative estimate of drug-likeness (QED) is 0.493. The van der Waals surface area contributed by atoms with E-state index < -0.39 is 11.8 Å². The first kappa shape index (κ1) is 20.5. The van der Waals surface area contributed by atoms with Gasteiger partial charge in [0.25, 0.3) is 11.8 Å². The fourth-order valence-corrected chi connectivity index (χ4v) is 4.34. The maximum absolute atomic E-state index is 13.3. The zero-order valence-electron chi connectivity index (χ0n) is 16.0. The van der Waals surface area contributed by atoms with Crippen molar-refractivity contribution in [2.24, 2.45) is 0 Å². The highest BCUT2D eigenvalue weighted by Crippen LogP contribution is 2.37. The van der Waals surface area contributed by atoms with Crippen LogP contribution in [-0.2, 0) is 9.59 Å². The number of aryl methyl sites for hydroxylation is 1. The van der Waals surface area contributed by atoms with E-state index in [1.54, 1.807) is 42.5 Å². The number of amides is 2. The zero-order chi connectivity index (χ0) is 21.4. The van der Waals surface area contributed by atoms with Crippen LogP contribution in [0.1, 0.15) is 10.4 Å². The minimum atomic E-state index is -0.463. The summed E-state index contributed by atoms with van der Waals surface area (Å²) in [6, 6.07) is 13.8. The predicted molar refractivity (Wildman–Crippen MR) is 122 cm³/mol. The minimum absolute atomic E-state index is 0.181. The number of hydrogen-bond acceptors (Lipinski definition) is 5. The summed E-state index contributed by atoms with van der Waals surface area (Å²) in [4.78, 5) is 28.4. The SMILES string of the molecule is COc1ccc(NC2=C(c3cccs3)C(=O)N(c3ccc(C)c(Cl)c3)C2=O)cc1Cl. The van der Waals surface area contributed by atoms with Crippen molar-refractivity contribution in [1.82, 2.24) is 0 Å². The summed E-state index contributed by atoms with van der Waals surface area (Å²) in [6.07, 6.45) is 0. The van der Waals surface area contributed by atoms with E-state index in [4.69, 9.17) is 27.9 Å². The standard InChI is InChI=1S/C22H16Cl2N2O3S/c1-12-5-7-14(11-15(12)23)26-21(27)19(18-4-3-9-30-18)20(22(26)28)25-13-6-8-17(29-2)16(24)10-13/h3-11,25H,1-2H3. The molecule has 2 heterocycles. The van der Waals surface area contributed by atoms with Crippen molar-refractivity contribution >= 4 is 63.3 Å². The molecule has 1 aromatic heterocycles. The van der Waals surface area contributed by atoms with Gasteiger partial charge in [-0.2, -0.15) is 0 Å². The van der Waals surface area contributed by atoms with E-state index in [1.807, 2.05) is 18.4 Å². The molecule has 0 unspecified atom stereocenters. The first-order chi connectivity index (χ1) is 14.4. The van der Waals surface area contributed by atoms with Crippen LogP contribution in [0.3, 0.4) is 0 Å². The average molecular weight is 459 g/mol. The fourth-order valence-electron chi connectivity index (χ4n) is 3.14. The van der Waals surface area contributed by atoms with Crippen LogP contribution in [0.5, 0.6) is 5.75 Å². The summed E-state index contributed by atoms with van der Waals surface area (Å²) in [5.74, 6) is -0.362. The molecule has 3 aromatic rings. The fraction of sp³-hybridized carbons (Fsp3) is 0.0909. The summed E-state index contributed by atoms with van der Waals surface area (Å²) < 4.78 is 5.17. The highest BCUT2D eigenvalue weighted by atomic mass is 35.5. The minimum Gasteiger partial charge on any atom is -0.495 e. The molecule has 152 valence electrons. The average Bonchev–Trinajstić information content (AvgIpc) is 3.32. The molecule has 4 rings (SSSR count). The number of hydrogen-bond donors (Lipinski definition) is 1. The van der Waals surface area contributed by atoms with Crippen LogP contribution in [0, 0.1) is 6.92 Å². The number of carbonyl (C=O) groups excluding carboxylic acids is 2. The molecule has 0 aliphatic carbocycles. The van der Waals surface area contributed by atoms with Crippen molar-refractivity contribution < 1.29 is 14.3 Å². The van der Waals surface area contributed by atoms with Crippen LogP contribution in [0.4, 0.5) is 11.4 Å². The number of nitrogens with one attached hydrogen (secondary N) is 1. The molecule has 0 saturated heterocycles. The van der Waals surface area contributed by atoms with Gasteiger partial charge in [-0.25, -0.2) is 4.90 Å². The third-order valence-electron chi connectivity index (χ3n) is 4.69. The number of carbonyl (C=O) groups is 2. The van der Waals surface area contributed by atoms with Gasteiger partial charge in [0.2, 0.25) is 0 Å². The molecule has 0 radical (unpaired) electrons. The van der Waals surface area contributed by atoms with Gasteiger partial charge in [0.15, 0.2) is 0 Å². The van der Waals surface area contributed by atoms with Gasteiger partial charge in [-0.1, -0.05) is 35.3 Å². The molecule has 2 amide bonds. The van der Waals surface area contributed by atoms with Gasteiger partial charge in [-0.15, -0.1) is 11.3 Å². The van der Waals surface area contributed by atoms with Gasteiger partial charge in [0, 0.05) is 15.6 Å². The van der Waals surface area contributed by atoms with Gasteiger partial charge in [0.05, 0.1) is 23.4 Å². The van der Waals surface area contributed by atoms with Crippen LogP contribution in [0.2, 0.25) is 10.0 Å². The summed E-state index contributed by atoms with van der Waals surface area (Å²) >= 11 is 13.8. The zero-order valence-corrected chi connectivity index (χ0v) is 18.4. The maximum Gasteiger partial charge on any atom is 0.282 e. The summed E-state index contributed by atoms with van der Waals surface area (Å²) in [5.41, 5.74) is 2.32. The van der Waals surface area contributed by atoms with Crippen LogP contribution >= 0.6 is 34.5 Å². The molecule has 0 fully saturated rings. The number of halogens is 2. The summed E-state index contributed by atoms with van der Waals surface area (Å²) in [7, 11) is 1.52. The Balaban J connectivity index is 1.78. The third-order valence-corrected chi connectivity index (χ3v) is 6.28. The number of nitrogens with zero attached hydrogens (tertiary/aromatic N) is 1. The third kappa shape index (κ3) is 3.58. The predicted octanol–water partition coefficient (Wildman–Crippen LogP) is 5.77. The highest BCUT2D eigenvalue weighted by molar-refractivity contribution is 7.11. The second-order valence-electron chi connectivity index (χ2n) is 6.58. The van der Waals surface area contributed by atoms with Gasteiger partial charge in [-0.3, -0.25) is 9.59 Å². The lowest BCUT2D eigenvalue weighted by molar-refractivity contribution is -0.120. The van der Waals surface area contributed by atoms with Crippen molar-refractivity contribution in [3.8, 4) is 5.75 Å². The van der Waals surface area contributed by atoms with E-state index in [9.17, 15) is 9.59 Å². The van der Waals surface area contributed by atoms with Gasteiger partial charge < -0.3 is 10.1 Å². The molecular weight excluding hydrogens is 443 g/mol. The van der Waals surface area contributed by atoms with E-state index in [2.05, 4.69) is 5.32 Å². The van der Waals surface area contributed by atoms with E-state index in [-0.39, 0.29) is 5.70 Å². The Morgan fingerprint density at radius 2 is 1.80 bits per heavy atom. The molecule has 1 aliphatic heterocycles. The topological polar surface area (TPSA) is 58.6 Å². The smallest absolute Gasteiger partial charge is 0.282 e. The second-order valence-corrected chi connectivity index (χ2v) is 8.34. The number of thiophene rings is 1. The van der Waals surface area contributed by atoms with Crippen molar-refractivity contribution in [2.45, 2.75) is 6.92 Å². The summed E-state index contributed by atoms with van der Waals surface area (Å²) in [6.45, 7) is 1.86. The molecule has 0 bridgehead atoms. The normalized spacial score (nSPS) is 13.9. The molecule has 0 spiro atoms. The van der Waals surface area contributed by atoms with E-state index in [1.165, 1.54) is 18.4 Å².